The highest BCUT2D eigenvalue weighted by molar-refractivity contribution is 7.98. The molecule has 1 heterocycles. The molecule has 0 spiro atoms. The molecule has 1 aliphatic rings. The normalized spacial score (nSPS) is 15.1. The first-order chi connectivity index (χ1) is 8.05. The van der Waals surface area contributed by atoms with Crippen LogP contribution >= 0.6 is 11.8 Å². The van der Waals surface area contributed by atoms with Gasteiger partial charge in [-0.3, -0.25) is 4.55 Å². The number of hydrogen-bond acceptors (Lipinski definition) is 3. The maximum atomic E-state index is 11.3. The van der Waals surface area contributed by atoms with Crippen LogP contribution in [0.4, 0.5) is 0 Å². The van der Waals surface area contributed by atoms with Crippen LogP contribution in [0.5, 0.6) is 0 Å². The Morgan fingerprint density at radius 3 is 2.53 bits per heavy atom. The summed E-state index contributed by atoms with van der Waals surface area (Å²) in [6.45, 7) is 0. The molecule has 0 unspecified atom stereocenters. The predicted molar refractivity (Wildman–Crippen MR) is 68.8 cm³/mol. The molecule has 0 saturated heterocycles. The Labute approximate surface area is 104 Å². The first-order valence-corrected chi connectivity index (χ1v) is 7.75. The fraction of sp³-hybridized carbons (Fsp3) is 0.167. The predicted octanol–water partition coefficient (Wildman–Crippen LogP) is 2.83. The average Bonchev–Trinajstić information content (AvgIpc) is 2.70. The third kappa shape index (κ3) is 1.84. The molecule has 1 N–H and O–H groups in total. The van der Waals surface area contributed by atoms with Crippen LogP contribution in [0.15, 0.2) is 35.2 Å². The summed E-state index contributed by atoms with van der Waals surface area (Å²) >= 11 is 1.81. The van der Waals surface area contributed by atoms with Gasteiger partial charge in [-0.15, -0.1) is 0 Å². The van der Waals surface area contributed by atoms with Gasteiger partial charge in [0.05, 0.1) is 0 Å². The lowest BCUT2D eigenvalue weighted by atomic mass is 10.0. The molecule has 2 aromatic carbocycles. The van der Waals surface area contributed by atoms with Gasteiger partial charge < -0.3 is 0 Å². The van der Waals surface area contributed by atoms with Crippen molar-refractivity contribution in [2.24, 2.45) is 0 Å². The molecule has 5 heteroatoms. The highest BCUT2D eigenvalue weighted by atomic mass is 32.2. The summed E-state index contributed by atoms with van der Waals surface area (Å²) in [6.07, 6.45) is 0. The van der Waals surface area contributed by atoms with Gasteiger partial charge in [0.2, 0.25) is 0 Å². The van der Waals surface area contributed by atoms with E-state index < -0.39 is 10.1 Å². The van der Waals surface area contributed by atoms with Gasteiger partial charge in [0.1, 0.15) is 4.90 Å². The van der Waals surface area contributed by atoms with E-state index in [1.165, 1.54) is 17.2 Å². The maximum absolute atomic E-state index is 11.3. The molecule has 3 rings (SSSR count). The van der Waals surface area contributed by atoms with Gasteiger partial charge in [0.25, 0.3) is 10.1 Å². The fourth-order valence-electron chi connectivity index (χ4n) is 2.15. The van der Waals surface area contributed by atoms with Crippen molar-refractivity contribution in [3.05, 3.63) is 41.5 Å². The van der Waals surface area contributed by atoms with Crippen LogP contribution in [0.3, 0.4) is 0 Å². The van der Waals surface area contributed by atoms with Crippen molar-refractivity contribution in [1.29, 1.82) is 0 Å². The van der Waals surface area contributed by atoms with Crippen molar-refractivity contribution in [2.45, 2.75) is 16.4 Å². The maximum Gasteiger partial charge on any atom is 0.295 e. The molecule has 17 heavy (non-hydrogen) atoms. The van der Waals surface area contributed by atoms with Gasteiger partial charge in [-0.25, -0.2) is 0 Å². The lowest BCUT2D eigenvalue weighted by Gasteiger charge is -2.06. The Hall–Kier alpha value is -1.04. The van der Waals surface area contributed by atoms with Gasteiger partial charge in [-0.05, 0) is 34.7 Å². The first-order valence-electron chi connectivity index (χ1n) is 5.15. The lowest BCUT2D eigenvalue weighted by Crippen LogP contribution is -1.99. The molecule has 88 valence electrons. The third-order valence-electron chi connectivity index (χ3n) is 2.95. The van der Waals surface area contributed by atoms with E-state index in [0.717, 1.165) is 16.9 Å². The minimum absolute atomic E-state index is 0.00491. The summed E-state index contributed by atoms with van der Waals surface area (Å²) < 4.78 is 31.8. The topological polar surface area (TPSA) is 54.4 Å². The molecule has 2 aromatic rings. The van der Waals surface area contributed by atoms with Gasteiger partial charge in [0, 0.05) is 16.9 Å². The molecule has 0 aromatic heterocycles. The second-order valence-electron chi connectivity index (χ2n) is 4.07. The van der Waals surface area contributed by atoms with E-state index in [-0.39, 0.29) is 4.90 Å². The number of benzene rings is 2. The van der Waals surface area contributed by atoms with Crippen LogP contribution in [-0.2, 0) is 21.6 Å². The molecule has 0 amide bonds. The largest absolute Gasteiger partial charge is 0.295 e. The molecule has 1 aliphatic heterocycles. The van der Waals surface area contributed by atoms with Crippen molar-refractivity contribution in [3.63, 3.8) is 0 Å². The van der Waals surface area contributed by atoms with E-state index in [2.05, 4.69) is 0 Å². The molecule has 0 fully saturated rings. The van der Waals surface area contributed by atoms with E-state index >= 15 is 0 Å². The SMILES string of the molecule is O=S(=O)(O)c1cccc2cc3c(cc12)CSC3. The smallest absolute Gasteiger partial charge is 0.282 e. The van der Waals surface area contributed by atoms with Crippen molar-refractivity contribution in [3.8, 4) is 0 Å². The minimum Gasteiger partial charge on any atom is -0.282 e. The summed E-state index contributed by atoms with van der Waals surface area (Å²) in [5.74, 6) is 1.88. The number of hydrogen-bond donors (Lipinski definition) is 1. The van der Waals surface area contributed by atoms with Gasteiger partial charge in [-0.1, -0.05) is 12.1 Å². The van der Waals surface area contributed by atoms with E-state index in [1.54, 1.807) is 6.07 Å². The second-order valence-corrected chi connectivity index (χ2v) is 6.44. The van der Waals surface area contributed by atoms with Crippen molar-refractivity contribution in [1.82, 2.24) is 0 Å². The Morgan fingerprint density at radius 1 is 1.12 bits per heavy atom. The third-order valence-corrected chi connectivity index (χ3v) is 4.90. The Morgan fingerprint density at radius 2 is 1.82 bits per heavy atom. The molecular weight excluding hydrogens is 256 g/mol. The van der Waals surface area contributed by atoms with Crippen LogP contribution in [0.2, 0.25) is 0 Å². The second kappa shape index (κ2) is 3.73. The molecule has 0 saturated carbocycles. The molecule has 0 radical (unpaired) electrons. The summed E-state index contributed by atoms with van der Waals surface area (Å²) in [5, 5.41) is 1.47. The molecular formula is C12H10O3S2. The van der Waals surface area contributed by atoms with Crippen LogP contribution in [-0.4, -0.2) is 13.0 Å². The Kier molecular flexibility index (Phi) is 2.43. The minimum atomic E-state index is -4.15. The van der Waals surface area contributed by atoms with Crippen LogP contribution in [0.25, 0.3) is 10.8 Å². The van der Waals surface area contributed by atoms with Crippen molar-refractivity contribution >= 4 is 32.7 Å². The first kappa shape index (κ1) is 11.1. The van der Waals surface area contributed by atoms with Crippen LogP contribution < -0.4 is 0 Å². The monoisotopic (exact) mass is 266 g/mol. The summed E-state index contributed by atoms with van der Waals surface area (Å²) in [5.41, 5.74) is 2.42. The summed E-state index contributed by atoms with van der Waals surface area (Å²) in [6, 6.07) is 8.85. The van der Waals surface area contributed by atoms with Crippen LogP contribution in [0, 0.1) is 0 Å². The zero-order valence-corrected chi connectivity index (χ0v) is 10.5. The lowest BCUT2D eigenvalue weighted by molar-refractivity contribution is 0.484. The van der Waals surface area contributed by atoms with E-state index in [0.29, 0.717) is 5.39 Å². The fourth-order valence-corrected chi connectivity index (χ4v) is 3.94. The zero-order valence-electron chi connectivity index (χ0n) is 8.88. The van der Waals surface area contributed by atoms with E-state index in [4.69, 9.17) is 0 Å². The van der Waals surface area contributed by atoms with Crippen LogP contribution in [0.1, 0.15) is 11.1 Å². The van der Waals surface area contributed by atoms with Gasteiger partial charge >= 0.3 is 0 Å². The molecule has 0 atom stereocenters. The van der Waals surface area contributed by atoms with Crippen molar-refractivity contribution < 1.29 is 13.0 Å². The van der Waals surface area contributed by atoms with Gasteiger partial charge in [0.15, 0.2) is 0 Å². The molecule has 0 aliphatic carbocycles. The summed E-state index contributed by atoms with van der Waals surface area (Å²) in [4.78, 5) is -0.00491. The van der Waals surface area contributed by atoms with Crippen molar-refractivity contribution in [2.75, 3.05) is 0 Å². The number of fused-ring (bicyclic) bond motifs is 2. The standard InChI is InChI=1S/C12H10O3S2/c13-17(14,15)12-3-1-2-8-4-9-6-16-7-10(9)5-11(8)12/h1-5H,6-7H2,(H,13,14,15). The van der Waals surface area contributed by atoms with E-state index in [1.807, 2.05) is 30.0 Å². The number of rotatable bonds is 1. The number of thioether (sulfide) groups is 1. The average molecular weight is 266 g/mol. The van der Waals surface area contributed by atoms with E-state index in [9.17, 15) is 13.0 Å². The highest BCUT2D eigenvalue weighted by Crippen LogP contribution is 2.34. The summed E-state index contributed by atoms with van der Waals surface area (Å²) in [7, 11) is -4.15. The molecule has 0 bridgehead atoms. The highest BCUT2D eigenvalue weighted by Gasteiger charge is 2.17. The zero-order chi connectivity index (χ0) is 12.0. The molecule has 3 nitrogen and oxygen atoms in total. The van der Waals surface area contributed by atoms with Gasteiger partial charge in [-0.2, -0.15) is 20.2 Å². The quantitative estimate of drug-likeness (QED) is 0.806. The Balaban J connectivity index is 2.40. The Bertz CT molecular complexity index is 705.